The van der Waals surface area contributed by atoms with Gasteiger partial charge in [0.2, 0.25) is 0 Å². The number of ether oxygens (including phenoxy) is 2. The zero-order valence-corrected chi connectivity index (χ0v) is 19.2. The van der Waals surface area contributed by atoms with Gasteiger partial charge in [-0.3, -0.25) is 0 Å². The smallest absolute Gasteiger partial charge is 0.356 e. The number of hydrogen-bond donors (Lipinski definition) is 3. The van der Waals surface area contributed by atoms with Gasteiger partial charge in [0.05, 0.1) is 6.10 Å². The molecule has 0 bridgehead atoms. The number of benzene rings is 2. The Morgan fingerprint density at radius 1 is 1.12 bits per heavy atom. The summed E-state index contributed by atoms with van der Waals surface area (Å²) in [6, 6.07) is 8.12. The molecular weight excluding hydrogens is 430 g/mol. The van der Waals surface area contributed by atoms with Gasteiger partial charge in [-0.05, 0) is 72.6 Å². The molecule has 0 radical (unpaired) electrons. The third-order valence-corrected chi connectivity index (χ3v) is 7.38. The monoisotopic (exact) mass is 460 g/mol. The molecule has 6 nitrogen and oxygen atoms in total. The lowest BCUT2D eigenvalue weighted by molar-refractivity contribution is -0.349. The molecule has 1 aliphatic heterocycles. The molecule has 4 N–H and O–H groups in total. The summed E-state index contributed by atoms with van der Waals surface area (Å²) in [5.41, 5.74) is 5.48. The zero-order valence-electron chi connectivity index (χ0n) is 19.2. The van der Waals surface area contributed by atoms with Crippen LogP contribution in [-0.2, 0) is 15.0 Å². The van der Waals surface area contributed by atoms with Gasteiger partial charge in [0, 0.05) is 18.6 Å². The Hall–Kier alpha value is -2.55. The van der Waals surface area contributed by atoms with E-state index in [1.54, 1.807) is 25.3 Å². The van der Waals surface area contributed by atoms with E-state index in [4.69, 9.17) is 15.2 Å². The second-order valence-electron chi connectivity index (χ2n) is 9.61. The molecule has 2 aromatic carbocycles. The molecule has 1 unspecified atom stereocenters. The van der Waals surface area contributed by atoms with Gasteiger partial charge in [-0.25, -0.2) is 13.8 Å². The van der Waals surface area contributed by atoms with Crippen LogP contribution in [0.3, 0.4) is 0 Å². The van der Waals surface area contributed by atoms with Crippen molar-refractivity contribution in [3.63, 3.8) is 0 Å². The Labute approximate surface area is 192 Å². The largest absolute Gasteiger partial charge is 0.405 e. The van der Waals surface area contributed by atoms with Crippen molar-refractivity contribution in [3.8, 4) is 11.1 Å². The van der Waals surface area contributed by atoms with Crippen LogP contribution < -0.4 is 5.73 Å². The highest BCUT2D eigenvalue weighted by Gasteiger charge is 2.69. The summed E-state index contributed by atoms with van der Waals surface area (Å²) in [5.74, 6) is -4.02. The third kappa shape index (κ3) is 3.70. The molecule has 1 aliphatic carbocycles. The fourth-order valence-corrected chi connectivity index (χ4v) is 5.85. The fourth-order valence-electron chi connectivity index (χ4n) is 5.85. The first-order valence-corrected chi connectivity index (χ1v) is 11.0. The van der Waals surface area contributed by atoms with Crippen LogP contribution in [0.5, 0.6) is 0 Å². The number of nitrogens with two attached hydrogens (primary N) is 1. The zero-order chi connectivity index (χ0) is 24.2. The van der Waals surface area contributed by atoms with Crippen molar-refractivity contribution in [1.82, 2.24) is 0 Å². The number of nitrogens with zero attached hydrogens (tertiary/aromatic N) is 1. The summed E-state index contributed by atoms with van der Waals surface area (Å²) >= 11 is 0. The van der Waals surface area contributed by atoms with Gasteiger partial charge in [-0.2, -0.15) is 0 Å². The van der Waals surface area contributed by atoms with E-state index in [1.807, 2.05) is 13.8 Å². The van der Waals surface area contributed by atoms with Crippen molar-refractivity contribution in [2.45, 2.75) is 57.6 Å². The minimum absolute atomic E-state index is 0.0354. The van der Waals surface area contributed by atoms with Crippen molar-refractivity contribution < 1.29 is 28.5 Å². The molecule has 0 saturated heterocycles. The molecule has 1 fully saturated rings. The van der Waals surface area contributed by atoms with Crippen LogP contribution in [0.1, 0.15) is 44.2 Å². The van der Waals surface area contributed by atoms with Gasteiger partial charge in [0.25, 0.3) is 6.02 Å². The number of halogens is 2. The predicted molar refractivity (Wildman–Crippen MR) is 120 cm³/mol. The number of hydrogen-bond acceptors (Lipinski definition) is 6. The van der Waals surface area contributed by atoms with Gasteiger partial charge in [0.1, 0.15) is 11.6 Å². The predicted octanol–water partition coefficient (Wildman–Crippen LogP) is 3.96. The van der Waals surface area contributed by atoms with E-state index in [-0.39, 0.29) is 18.0 Å². The van der Waals surface area contributed by atoms with E-state index in [0.29, 0.717) is 41.5 Å². The summed E-state index contributed by atoms with van der Waals surface area (Å²) in [6.07, 6.45) is 1.85. The van der Waals surface area contributed by atoms with Crippen molar-refractivity contribution in [1.29, 1.82) is 0 Å². The lowest BCUT2D eigenvalue weighted by atomic mass is 9.56. The van der Waals surface area contributed by atoms with E-state index in [1.165, 1.54) is 12.1 Å². The van der Waals surface area contributed by atoms with E-state index < -0.39 is 28.6 Å². The van der Waals surface area contributed by atoms with Crippen LogP contribution in [0.25, 0.3) is 11.1 Å². The second kappa shape index (κ2) is 8.04. The number of aliphatic imine (C=N–C) groups is 1. The molecule has 178 valence electrons. The van der Waals surface area contributed by atoms with Crippen LogP contribution in [0.2, 0.25) is 0 Å². The summed E-state index contributed by atoms with van der Waals surface area (Å²) in [4.78, 5) is 4.54. The number of aryl methyl sites for hydroxylation is 1. The Balaban J connectivity index is 1.94. The molecule has 4 rings (SSSR count). The normalized spacial score (nSPS) is 31.2. The van der Waals surface area contributed by atoms with Crippen LogP contribution >= 0.6 is 0 Å². The highest BCUT2D eigenvalue weighted by molar-refractivity contribution is 5.76. The van der Waals surface area contributed by atoms with E-state index in [9.17, 15) is 19.0 Å². The molecule has 1 saturated carbocycles. The Kier molecular flexibility index (Phi) is 5.75. The molecule has 8 heteroatoms. The average Bonchev–Trinajstić information content (AvgIpc) is 2.97. The van der Waals surface area contributed by atoms with Crippen molar-refractivity contribution in [2.24, 2.45) is 22.1 Å². The van der Waals surface area contributed by atoms with E-state index >= 15 is 0 Å². The number of methoxy groups -OCH3 is 1. The Morgan fingerprint density at radius 3 is 2.33 bits per heavy atom. The topological polar surface area (TPSA) is 97.3 Å². The molecule has 0 aromatic heterocycles. The maximum Gasteiger partial charge on any atom is 0.356 e. The van der Waals surface area contributed by atoms with Gasteiger partial charge < -0.3 is 25.4 Å². The second-order valence-corrected chi connectivity index (χ2v) is 9.61. The minimum Gasteiger partial charge on any atom is -0.405 e. The molecule has 2 aliphatic rings. The molecule has 33 heavy (non-hydrogen) atoms. The SMILES string of the molecule is CO[C@H]1CC[C@](C)(C2(c3cc(-c4cc(F)cc(F)c4)ccc3C)N=C(N)OC2(O)O)C[C@@H]1C. The maximum atomic E-state index is 13.9. The van der Waals surface area contributed by atoms with E-state index in [0.717, 1.165) is 6.07 Å². The van der Waals surface area contributed by atoms with Gasteiger partial charge in [0.15, 0.2) is 5.54 Å². The summed E-state index contributed by atoms with van der Waals surface area (Å²) in [6.45, 7) is 5.81. The third-order valence-electron chi connectivity index (χ3n) is 7.38. The molecule has 1 heterocycles. The van der Waals surface area contributed by atoms with Crippen molar-refractivity contribution in [2.75, 3.05) is 7.11 Å². The number of rotatable bonds is 4. The maximum absolute atomic E-state index is 13.9. The molecule has 0 amide bonds. The van der Waals surface area contributed by atoms with Crippen molar-refractivity contribution in [3.05, 3.63) is 59.2 Å². The Morgan fingerprint density at radius 2 is 1.79 bits per heavy atom. The fraction of sp³-hybridized carbons (Fsp3) is 0.480. The highest BCUT2D eigenvalue weighted by atomic mass is 19.1. The summed E-state index contributed by atoms with van der Waals surface area (Å²) < 4.78 is 38.7. The van der Waals surface area contributed by atoms with Gasteiger partial charge in [-0.15, -0.1) is 0 Å². The quantitative estimate of drug-likeness (QED) is 0.600. The van der Waals surface area contributed by atoms with Crippen LogP contribution in [0.15, 0.2) is 41.4 Å². The molecule has 4 atom stereocenters. The summed E-state index contributed by atoms with van der Waals surface area (Å²) in [7, 11) is 1.67. The minimum atomic E-state index is -2.72. The standard InChI is InChI=1S/C25H30F2N2O4/c1-14-5-6-16(17-9-18(26)12-19(27)10-17)11-20(14)24(25(30,31)33-22(28)29-24)23(3)8-7-21(32-4)15(2)13-23/h5-6,9-12,15,21,30-31H,7-8,13H2,1-4H3,(H2,28,29)/t15-,21-,23-,24?/m0/s1. The lowest BCUT2D eigenvalue weighted by Crippen LogP contribution is -2.60. The average molecular weight is 461 g/mol. The van der Waals surface area contributed by atoms with Gasteiger partial charge >= 0.3 is 5.97 Å². The Bertz CT molecular complexity index is 1090. The van der Waals surface area contributed by atoms with Gasteiger partial charge in [-0.1, -0.05) is 26.0 Å². The highest BCUT2D eigenvalue weighted by Crippen LogP contribution is 2.60. The summed E-state index contributed by atoms with van der Waals surface area (Å²) in [5, 5.41) is 22.4. The van der Waals surface area contributed by atoms with Crippen LogP contribution in [0.4, 0.5) is 8.78 Å². The first-order valence-electron chi connectivity index (χ1n) is 11.0. The first kappa shape index (κ1) is 23.6. The van der Waals surface area contributed by atoms with Crippen LogP contribution in [0, 0.1) is 29.9 Å². The molecule has 0 spiro atoms. The van der Waals surface area contributed by atoms with Crippen molar-refractivity contribution >= 4 is 6.02 Å². The number of amidine groups is 1. The molecular formula is C25H30F2N2O4. The van der Waals surface area contributed by atoms with E-state index in [2.05, 4.69) is 11.9 Å². The number of aliphatic hydroxyl groups is 2. The van der Waals surface area contributed by atoms with Crippen LogP contribution in [-0.4, -0.2) is 35.4 Å². The lowest BCUT2D eigenvalue weighted by Gasteiger charge is -2.52. The first-order chi connectivity index (χ1) is 15.4. The molecule has 2 aromatic rings.